The summed E-state index contributed by atoms with van der Waals surface area (Å²) in [5.74, 6) is 0.252. The summed E-state index contributed by atoms with van der Waals surface area (Å²) in [6, 6.07) is 6.56. The zero-order valence-electron chi connectivity index (χ0n) is 18.2. The number of hydrogen-bond donors (Lipinski definition) is 4. The summed E-state index contributed by atoms with van der Waals surface area (Å²) in [7, 11) is -3.75. The smallest absolute Gasteiger partial charge is 0.267 e. The first kappa shape index (κ1) is 21.4. The van der Waals surface area contributed by atoms with E-state index in [0.717, 1.165) is 6.42 Å². The van der Waals surface area contributed by atoms with Gasteiger partial charge in [0.25, 0.3) is 5.56 Å². The van der Waals surface area contributed by atoms with E-state index in [1.165, 1.54) is 4.57 Å². The minimum Gasteiger partial charge on any atom is -0.506 e. The molecule has 1 aliphatic heterocycles. The molecular formula is C22H23N5O5S. The average Bonchev–Trinajstić information content (AvgIpc) is 3.12. The molecule has 1 aliphatic rings. The lowest BCUT2D eigenvalue weighted by atomic mass is 10.1. The Morgan fingerprint density at radius 2 is 2.03 bits per heavy atom. The number of aromatic hydroxyl groups is 1. The number of aryl methyl sites for hydroxylation is 2. The Kier molecular flexibility index (Phi) is 4.92. The van der Waals surface area contributed by atoms with Crippen LogP contribution in [0.3, 0.4) is 0 Å². The van der Waals surface area contributed by atoms with Crippen molar-refractivity contribution in [1.29, 1.82) is 0 Å². The molecule has 0 saturated carbocycles. The number of amidine groups is 1. The molecule has 0 atom stereocenters. The first-order valence-corrected chi connectivity index (χ1v) is 11.9. The largest absolute Gasteiger partial charge is 0.506 e. The van der Waals surface area contributed by atoms with Crippen molar-refractivity contribution in [2.45, 2.75) is 38.6 Å². The van der Waals surface area contributed by atoms with E-state index < -0.39 is 16.3 Å². The van der Waals surface area contributed by atoms with Gasteiger partial charge in [-0.1, -0.05) is 24.6 Å². The topological polar surface area (TPSA) is 146 Å². The van der Waals surface area contributed by atoms with Gasteiger partial charge < -0.3 is 14.8 Å². The van der Waals surface area contributed by atoms with Crippen LogP contribution in [0.4, 0.5) is 5.69 Å². The van der Waals surface area contributed by atoms with Gasteiger partial charge in [-0.3, -0.25) is 18.5 Å². The van der Waals surface area contributed by atoms with E-state index >= 15 is 0 Å². The Labute approximate surface area is 190 Å². The van der Waals surface area contributed by atoms with E-state index in [0.29, 0.717) is 40.7 Å². The number of benzene rings is 1. The second-order valence-corrected chi connectivity index (χ2v) is 9.97. The molecule has 33 heavy (non-hydrogen) atoms. The number of aromatic nitrogens is 3. The molecule has 0 saturated heterocycles. The van der Waals surface area contributed by atoms with Gasteiger partial charge in [0.05, 0.1) is 11.1 Å². The molecule has 4 aromatic rings. The molecule has 11 heteroatoms. The lowest BCUT2D eigenvalue weighted by molar-refractivity contribution is 0.473. The maximum atomic E-state index is 13.5. The quantitative estimate of drug-likeness (QED) is 0.342. The molecule has 4 N–H and O–H groups in total. The van der Waals surface area contributed by atoms with Gasteiger partial charge in [0.2, 0.25) is 0 Å². The lowest BCUT2D eigenvalue weighted by Crippen LogP contribution is -2.32. The van der Waals surface area contributed by atoms with Crippen molar-refractivity contribution in [1.82, 2.24) is 14.5 Å². The van der Waals surface area contributed by atoms with E-state index in [2.05, 4.69) is 19.7 Å². The third-order valence-corrected chi connectivity index (χ3v) is 6.93. The standard InChI is InChI=1S/C22H23N5O5S/c1-11(2)8-10-27-21-13(5-4-9-23-21)18(28)16(22(27)29)20-25-14-6-7-15-17(24-12(3)32-15)19(14)33(30,31)26-20/h4-7,9,11,28,30-31H,8,10H2,1-3H3,(H,25,26). The third kappa shape index (κ3) is 3.45. The predicted octanol–water partition coefficient (Wildman–Crippen LogP) is 4.49. The molecule has 0 radical (unpaired) electrons. The molecule has 0 unspecified atom stereocenters. The minimum absolute atomic E-state index is 0.0858. The maximum absolute atomic E-state index is 13.5. The van der Waals surface area contributed by atoms with Crippen LogP contribution < -0.4 is 10.9 Å². The van der Waals surface area contributed by atoms with E-state index in [9.17, 15) is 19.0 Å². The SMILES string of the molecule is Cc1nc2c3c(ccc2o1)NC(c1c(O)c2cccnc2n(CCC(C)C)c1=O)=NS3(O)O. The Balaban J connectivity index is 1.73. The van der Waals surface area contributed by atoms with Crippen LogP contribution in [0, 0.1) is 12.8 Å². The van der Waals surface area contributed by atoms with Gasteiger partial charge in [-0.2, -0.15) is 0 Å². The molecule has 0 aliphatic carbocycles. The fourth-order valence-electron chi connectivity index (χ4n) is 3.96. The number of anilines is 1. The molecule has 10 nitrogen and oxygen atoms in total. The lowest BCUT2D eigenvalue weighted by Gasteiger charge is -2.34. The van der Waals surface area contributed by atoms with Crippen LogP contribution in [0.5, 0.6) is 5.75 Å². The Hall–Kier alpha value is -3.41. The molecule has 3 aromatic heterocycles. The van der Waals surface area contributed by atoms with E-state index in [1.807, 2.05) is 13.8 Å². The van der Waals surface area contributed by atoms with Crippen LogP contribution in [0.2, 0.25) is 0 Å². The highest BCUT2D eigenvalue weighted by Gasteiger charge is 2.33. The molecule has 0 amide bonds. The Bertz CT molecular complexity index is 1500. The normalized spacial score (nSPS) is 16.0. The summed E-state index contributed by atoms with van der Waals surface area (Å²) in [6.45, 7) is 6.14. The van der Waals surface area contributed by atoms with Gasteiger partial charge in [-0.25, -0.2) is 9.97 Å². The van der Waals surface area contributed by atoms with Crippen LogP contribution in [-0.4, -0.2) is 34.6 Å². The summed E-state index contributed by atoms with van der Waals surface area (Å²) in [4.78, 5) is 22.2. The van der Waals surface area contributed by atoms with Crippen molar-refractivity contribution in [2.24, 2.45) is 10.3 Å². The van der Waals surface area contributed by atoms with Crippen molar-refractivity contribution in [3.8, 4) is 5.75 Å². The second-order valence-electron chi connectivity index (χ2n) is 8.34. The number of fused-ring (bicyclic) bond motifs is 4. The highest BCUT2D eigenvalue weighted by molar-refractivity contribution is 8.23. The number of hydrogen-bond acceptors (Lipinski definition) is 9. The maximum Gasteiger partial charge on any atom is 0.267 e. The van der Waals surface area contributed by atoms with Crippen molar-refractivity contribution >= 4 is 44.4 Å². The molecule has 0 bridgehead atoms. The summed E-state index contributed by atoms with van der Waals surface area (Å²) >= 11 is 0. The van der Waals surface area contributed by atoms with Gasteiger partial charge in [0, 0.05) is 19.7 Å². The van der Waals surface area contributed by atoms with E-state index in [-0.39, 0.29) is 27.6 Å². The summed E-state index contributed by atoms with van der Waals surface area (Å²) < 4.78 is 32.9. The van der Waals surface area contributed by atoms with E-state index in [4.69, 9.17) is 4.42 Å². The van der Waals surface area contributed by atoms with Crippen molar-refractivity contribution in [3.05, 3.63) is 52.3 Å². The third-order valence-electron chi connectivity index (χ3n) is 5.53. The molecule has 172 valence electrons. The van der Waals surface area contributed by atoms with Crippen LogP contribution in [0.15, 0.2) is 49.0 Å². The highest BCUT2D eigenvalue weighted by atomic mass is 32.3. The molecule has 5 rings (SSSR count). The van der Waals surface area contributed by atoms with Crippen LogP contribution in [-0.2, 0) is 6.54 Å². The van der Waals surface area contributed by atoms with Crippen molar-refractivity contribution in [3.63, 3.8) is 0 Å². The predicted molar refractivity (Wildman–Crippen MR) is 127 cm³/mol. The van der Waals surface area contributed by atoms with Gasteiger partial charge >= 0.3 is 0 Å². The fraction of sp³-hybridized carbons (Fsp3) is 0.273. The first-order chi connectivity index (χ1) is 15.7. The van der Waals surface area contributed by atoms with Gasteiger partial charge in [-0.15, -0.1) is 4.40 Å². The number of nitrogens with one attached hydrogen (secondary N) is 1. The number of nitrogens with zero attached hydrogens (tertiary/aromatic N) is 4. The van der Waals surface area contributed by atoms with Gasteiger partial charge in [0.1, 0.15) is 27.4 Å². The summed E-state index contributed by atoms with van der Waals surface area (Å²) in [5.41, 5.74) is 0.667. The highest BCUT2D eigenvalue weighted by Crippen LogP contribution is 2.58. The first-order valence-electron chi connectivity index (χ1n) is 10.4. The Morgan fingerprint density at radius 1 is 1.24 bits per heavy atom. The molecular weight excluding hydrogens is 446 g/mol. The number of oxazole rings is 1. The van der Waals surface area contributed by atoms with Gasteiger partial charge in [0.15, 0.2) is 17.3 Å². The molecule has 1 aromatic carbocycles. The zero-order valence-corrected chi connectivity index (χ0v) is 19.1. The van der Waals surface area contributed by atoms with Crippen molar-refractivity contribution < 1.29 is 18.6 Å². The van der Waals surface area contributed by atoms with Crippen LogP contribution >= 0.6 is 10.8 Å². The molecule has 0 spiro atoms. The second kappa shape index (κ2) is 7.58. The van der Waals surface area contributed by atoms with Crippen LogP contribution in [0.1, 0.15) is 31.7 Å². The minimum atomic E-state index is -3.75. The van der Waals surface area contributed by atoms with E-state index in [1.54, 1.807) is 37.4 Å². The fourth-order valence-corrected chi connectivity index (χ4v) is 5.26. The molecule has 4 heterocycles. The summed E-state index contributed by atoms with van der Waals surface area (Å²) in [5, 5.41) is 14.4. The van der Waals surface area contributed by atoms with Crippen molar-refractivity contribution in [2.75, 3.05) is 5.32 Å². The summed E-state index contributed by atoms with van der Waals surface area (Å²) in [6.07, 6.45) is 2.28. The molecule has 0 fully saturated rings. The number of pyridine rings is 2. The van der Waals surface area contributed by atoms with Crippen LogP contribution in [0.25, 0.3) is 22.1 Å². The number of rotatable bonds is 4. The average molecular weight is 470 g/mol. The Morgan fingerprint density at radius 3 is 2.79 bits per heavy atom. The van der Waals surface area contributed by atoms with Gasteiger partial charge in [-0.05, 0) is 36.6 Å². The zero-order chi connectivity index (χ0) is 23.5. The monoisotopic (exact) mass is 469 g/mol.